The van der Waals surface area contributed by atoms with Gasteiger partial charge in [-0.25, -0.2) is 4.79 Å². The predicted molar refractivity (Wildman–Crippen MR) is 74.4 cm³/mol. The Kier molecular flexibility index (Phi) is 2.89. The number of hydrogen-bond acceptors (Lipinski definition) is 2. The van der Waals surface area contributed by atoms with Crippen LogP contribution in [0, 0.1) is 0 Å². The van der Waals surface area contributed by atoms with Crippen molar-refractivity contribution in [3.8, 4) is 0 Å². The van der Waals surface area contributed by atoms with Gasteiger partial charge in [-0.1, -0.05) is 29.8 Å². The van der Waals surface area contributed by atoms with E-state index in [4.69, 9.17) is 11.6 Å². The third kappa shape index (κ3) is 2.28. The second-order valence-electron chi connectivity index (χ2n) is 4.34. The number of aliphatic hydroxyl groups excluding tert-OH is 1. The van der Waals surface area contributed by atoms with Crippen molar-refractivity contribution in [2.45, 2.75) is 6.10 Å². The predicted octanol–water partition coefficient (Wildman–Crippen LogP) is 2.59. The fourth-order valence-corrected chi connectivity index (χ4v) is 2.29. The number of fused-ring (bicyclic) bond motifs is 1. The fraction of sp³-hybridized carbons (Fsp3) is 0.0714. The number of aromatic amines is 2. The van der Waals surface area contributed by atoms with Crippen molar-refractivity contribution in [1.29, 1.82) is 0 Å². The third-order valence-electron chi connectivity index (χ3n) is 3.02. The highest BCUT2D eigenvalue weighted by molar-refractivity contribution is 6.30. The number of H-pyrrole nitrogens is 2. The summed E-state index contributed by atoms with van der Waals surface area (Å²) in [5.41, 5.74) is 2.54. The highest BCUT2D eigenvalue weighted by atomic mass is 35.5. The van der Waals surface area contributed by atoms with Crippen molar-refractivity contribution in [3.63, 3.8) is 0 Å². The molecule has 5 heteroatoms. The highest BCUT2D eigenvalue weighted by Gasteiger charge is 2.12. The van der Waals surface area contributed by atoms with Crippen LogP contribution in [0.5, 0.6) is 0 Å². The molecule has 0 spiro atoms. The summed E-state index contributed by atoms with van der Waals surface area (Å²) in [5, 5.41) is 10.9. The largest absolute Gasteiger partial charge is 0.384 e. The van der Waals surface area contributed by atoms with E-state index in [1.807, 2.05) is 0 Å². The van der Waals surface area contributed by atoms with Gasteiger partial charge in [0.2, 0.25) is 0 Å². The summed E-state index contributed by atoms with van der Waals surface area (Å²) in [5.74, 6) is 0. The van der Waals surface area contributed by atoms with Gasteiger partial charge in [0.1, 0.15) is 6.10 Å². The molecule has 0 aliphatic heterocycles. The van der Waals surface area contributed by atoms with Gasteiger partial charge in [-0.05, 0) is 35.4 Å². The molecule has 0 fully saturated rings. The van der Waals surface area contributed by atoms with Crippen LogP contribution in [0.2, 0.25) is 5.02 Å². The molecular formula is C14H11ClN2O2. The molecule has 2 aromatic carbocycles. The lowest BCUT2D eigenvalue weighted by Crippen LogP contribution is -2.00. The van der Waals surface area contributed by atoms with Crippen LogP contribution in [0.25, 0.3) is 11.0 Å². The Morgan fingerprint density at radius 3 is 2.53 bits per heavy atom. The summed E-state index contributed by atoms with van der Waals surface area (Å²) in [4.78, 5) is 16.5. The minimum Gasteiger partial charge on any atom is -0.384 e. The van der Waals surface area contributed by atoms with E-state index in [1.165, 1.54) is 0 Å². The van der Waals surface area contributed by atoms with Crippen LogP contribution in [0.1, 0.15) is 17.2 Å². The molecule has 4 nitrogen and oxygen atoms in total. The van der Waals surface area contributed by atoms with Gasteiger partial charge in [0, 0.05) is 5.02 Å². The minimum absolute atomic E-state index is 0.260. The van der Waals surface area contributed by atoms with Crippen molar-refractivity contribution in [1.82, 2.24) is 9.97 Å². The van der Waals surface area contributed by atoms with E-state index in [9.17, 15) is 9.90 Å². The topological polar surface area (TPSA) is 68.9 Å². The maximum atomic E-state index is 11.2. The average molecular weight is 275 g/mol. The number of aliphatic hydroxyl groups is 1. The second-order valence-corrected chi connectivity index (χ2v) is 4.78. The Bertz CT molecular complexity index is 791. The quantitative estimate of drug-likeness (QED) is 0.672. The molecule has 0 aliphatic carbocycles. The molecule has 0 saturated heterocycles. The molecule has 0 radical (unpaired) electrons. The lowest BCUT2D eigenvalue weighted by Gasteiger charge is -2.11. The number of nitrogens with one attached hydrogen (secondary N) is 2. The van der Waals surface area contributed by atoms with Gasteiger partial charge in [0.05, 0.1) is 11.0 Å². The van der Waals surface area contributed by atoms with E-state index in [0.717, 1.165) is 0 Å². The van der Waals surface area contributed by atoms with Crippen LogP contribution in [-0.2, 0) is 0 Å². The van der Waals surface area contributed by atoms with E-state index >= 15 is 0 Å². The number of hydrogen-bond donors (Lipinski definition) is 3. The normalized spacial score (nSPS) is 12.7. The lowest BCUT2D eigenvalue weighted by atomic mass is 10.0. The summed E-state index contributed by atoms with van der Waals surface area (Å²) in [6.07, 6.45) is -0.776. The maximum absolute atomic E-state index is 11.2. The van der Waals surface area contributed by atoms with Crippen LogP contribution < -0.4 is 5.69 Å². The molecule has 1 atom stereocenters. The molecule has 0 amide bonds. The van der Waals surface area contributed by atoms with E-state index in [-0.39, 0.29) is 5.69 Å². The zero-order valence-electron chi connectivity index (χ0n) is 9.85. The smallest absolute Gasteiger partial charge is 0.323 e. The summed E-state index contributed by atoms with van der Waals surface area (Å²) in [6.45, 7) is 0. The monoisotopic (exact) mass is 274 g/mol. The molecule has 3 N–H and O–H groups in total. The van der Waals surface area contributed by atoms with Gasteiger partial charge in [-0.15, -0.1) is 0 Å². The van der Waals surface area contributed by atoms with Crippen molar-refractivity contribution in [3.05, 3.63) is 69.1 Å². The van der Waals surface area contributed by atoms with Crippen LogP contribution >= 0.6 is 11.6 Å². The summed E-state index contributed by atoms with van der Waals surface area (Å²) < 4.78 is 0. The molecule has 19 heavy (non-hydrogen) atoms. The standard InChI is InChI=1S/C14H11ClN2O2/c15-10-3-1-2-8(6-10)13(18)9-4-5-11-12(7-9)17-14(19)16-11/h1-7,13,18H,(H2,16,17,19). The Balaban J connectivity index is 2.05. The molecule has 96 valence electrons. The molecule has 3 rings (SSSR count). The third-order valence-corrected chi connectivity index (χ3v) is 3.26. The van der Waals surface area contributed by atoms with E-state index < -0.39 is 6.10 Å². The molecule has 1 unspecified atom stereocenters. The number of rotatable bonds is 2. The van der Waals surface area contributed by atoms with E-state index in [2.05, 4.69) is 9.97 Å². The summed E-state index contributed by atoms with van der Waals surface area (Å²) in [6, 6.07) is 12.4. The number of halogens is 1. The van der Waals surface area contributed by atoms with Gasteiger partial charge < -0.3 is 15.1 Å². The Hall–Kier alpha value is -2.04. The van der Waals surface area contributed by atoms with Crippen molar-refractivity contribution in [2.24, 2.45) is 0 Å². The number of benzene rings is 2. The molecule has 3 aromatic rings. The van der Waals surface area contributed by atoms with E-state index in [1.54, 1.807) is 42.5 Å². The van der Waals surface area contributed by atoms with Crippen LogP contribution in [0.15, 0.2) is 47.3 Å². The Morgan fingerprint density at radius 1 is 1.00 bits per heavy atom. The van der Waals surface area contributed by atoms with Gasteiger partial charge in [0.25, 0.3) is 0 Å². The molecule has 0 aliphatic rings. The maximum Gasteiger partial charge on any atom is 0.323 e. The zero-order valence-corrected chi connectivity index (χ0v) is 10.6. The number of imidazole rings is 1. The SMILES string of the molecule is O=c1[nH]c2ccc(C(O)c3cccc(Cl)c3)cc2[nH]1. The first-order valence-corrected chi connectivity index (χ1v) is 6.17. The molecule has 1 heterocycles. The van der Waals surface area contributed by atoms with Crippen molar-refractivity contribution < 1.29 is 5.11 Å². The van der Waals surface area contributed by atoms with Crippen LogP contribution in [0.3, 0.4) is 0 Å². The van der Waals surface area contributed by atoms with Gasteiger partial charge in [-0.2, -0.15) is 0 Å². The van der Waals surface area contributed by atoms with Gasteiger partial charge in [0.15, 0.2) is 0 Å². The first-order valence-electron chi connectivity index (χ1n) is 5.79. The first kappa shape index (κ1) is 12.0. The summed E-state index contributed by atoms with van der Waals surface area (Å²) >= 11 is 5.91. The van der Waals surface area contributed by atoms with Gasteiger partial charge in [-0.3, -0.25) is 0 Å². The van der Waals surface area contributed by atoms with Crippen LogP contribution in [0.4, 0.5) is 0 Å². The summed E-state index contributed by atoms with van der Waals surface area (Å²) in [7, 11) is 0. The number of aromatic nitrogens is 2. The lowest BCUT2D eigenvalue weighted by molar-refractivity contribution is 0.220. The average Bonchev–Trinajstić information content (AvgIpc) is 2.76. The Labute approximate surface area is 113 Å². The highest BCUT2D eigenvalue weighted by Crippen LogP contribution is 2.25. The zero-order chi connectivity index (χ0) is 13.4. The molecular weight excluding hydrogens is 264 g/mol. The molecule has 1 aromatic heterocycles. The second kappa shape index (κ2) is 4.57. The van der Waals surface area contributed by atoms with Crippen molar-refractivity contribution >= 4 is 22.6 Å². The van der Waals surface area contributed by atoms with Gasteiger partial charge >= 0.3 is 5.69 Å². The van der Waals surface area contributed by atoms with Crippen LogP contribution in [-0.4, -0.2) is 15.1 Å². The fourth-order valence-electron chi connectivity index (χ4n) is 2.09. The molecule has 0 bridgehead atoms. The minimum atomic E-state index is -0.776. The van der Waals surface area contributed by atoms with Crippen molar-refractivity contribution in [2.75, 3.05) is 0 Å². The first-order chi connectivity index (χ1) is 9.13. The Morgan fingerprint density at radius 2 is 1.74 bits per heavy atom. The van der Waals surface area contributed by atoms with E-state index in [0.29, 0.717) is 27.2 Å². The molecule has 0 saturated carbocycles.